The summed E-state index contributed by atoms with van der Waals surface area (Å²) in [6.45, 7) is 4.37. The van der Waals surface area contributed by atoms with Crippen molar-refractivity contribution in [2.24, 2.45) is 0 Å². The Kier molecular flexibility index (Phi) is 4.07. The molecule has 0 bridgehead atoms. The quantitative estimate of drug-likeness (QED) is 0.931. The Balaban J connectivity index is 2.19. The fraction of sp³-hybridized carbons (Fsp3) is 0.357. The van der Waals surface area contributed by atoms with Gasteiger partial charge >= 0.3 is 0 Å². The van der Waals surface area contributed by atoms with Crippen molar-refractivity contribution in [1.29, 1.82) is 0 Å². The molecule has 0 spiro atoms. The van der Waals surface area contributed by atoms with E-state index in [4.69, 9.17) is 4.74 Å². The summed E-state index contributed by atoms with van der Waals surface area (Å²) in [5.74, 6) is 0.772. The molecule has 3 nitrogen and oxygen atoms in total. The SMILES string of the molecule is CCC(C)NC(=O)C1=Cc2cc(Br)ccc2OC1. The smallest absolute Gasteiger partial charge is 0.250 e. The van der Waals surface area contributed by atoms with Gasteiger partial charge in [0, 0.05) is 16.1 Å². The maximum Gasteiger partial charge on any atom is 0.250 e. The van der Waals surface area contributed by atoms with Crippen LogP contribution in [0.1, 0.15) is 25.8 Å². The highest BCUT2D eigenvalue weighted by Crippen LogP contribution is 2.29. The van der Waals surface area contributed by atoms with E-state index >= 15 is 0 Å². The van der Waals surface area contributed by atoms with Crippen molar-refractivity contribution in [2.75, 3.05) is 6.61 Å². The molecular weight excluding hydrogens is 294 g/mol. The first-order valence-corrected chi connectivity index (χ1v) is 6.83. The van der Waals surface area contributed by atoms with Gasteiger partial charge in [-0.3, -0.25) is 4.79 Å². The van der Waals surface area contributed by atoms with Crippen molar-refractivity contribution in [2.45, 2.75) is 26.3 Å². The minimum absolute atomic E-state index is 0.0463. The second-order valence-corrected chi connectivity index (χ2v) is 5.34. The zero-order valence-electron chi connectivity index (χ0n) is 10.5. The molecular formula is C14H16BrNO2. The van der Waals surface area contributed by atoms with Crippen LogP contribution in [0.15, 0.2) is 28.2 Å². The predicted molar refractivity (Wildman–Crippen MR) is 75.5 cm³/mol. The van der Waals surface area contributed by atoms with Gasteiger partial charge in [-0.05, 0) is 37.6 Å². The van der Waals surface area contributed by atoms with Gasteiger partial charge in [0.05, 0.1) is 5.57 Å². The maximum absolute atomic E-state index is 12.0. The molecule has 0 aromatic heterocycles. The van der Waals surface area contributed by atoms with E-state index in [1.165, 1.54) is 0 Å². The van der Waals surface area contributed by atoms with Crippen LogP contribution in [0.4, 0.5) is 0 Å². The molecule has 1 aliphatic heterocycles. The lowest BCUT2D eigenvalue weighted by molar-refractivity contribution is -0.118. The summed E-state index contributed by atoms with van der Waals surface area (Å²) in [6.07, 6.45) is 2.81. The van der Waals surface area contributed by atoms with Crippen molar-refractivity contribution in [1.82, 2.24) is 5.32 Å². The monoisotopic (exact) mass is 309 g/mol. The highest BCUT2D eigenvalue weighted by Gasteiger charge is 2.18. The number of carbonyl (C=O) groups excluding carboxylic acids is 1. The largest absolute Gasteiger partial charge is 0.488 e. The van der Waals surface area contributed by atoms with Crippen LogP contribution in [-0.4, -0.2) is 18.6 Å². The number of nitrogens with one attached hydrogen (secondary N) is 1. The van der Waals surface area contributed by atoms with E-state index in [0.29, 0.717) is 12.2 Å². The first-order valence-electron chi connectivity index (χ1n) is 6.04. The number of benzene rings is 1. The molecule has 96 valence electrons. The zero-order valence-corrected chi connectivity index (χ0v) is 12.1. The van der Waals surface area contributed by atoms with Crippen LogP contribution in [0.25, 0.3) is 6.08 Å². The van der Waals surface area contributed by atoms with Gasteiger partial charge in [-0.15, -0.1) is 0 Å². The third-order valence-corrected chi connectivity index (χ3v) is 3.46. The second kappa shape index (κ2) is 5.57. The van der Waals surface area contributed by atoms with Crippen LogP contribution in [0.5, 0.6) is 5.75 Å². The molecule has 1 N–H and O–H groups in total. The number of fused-ring (bicyclic) bond motifs is 1. The molecule has 0 saturated carbocycles. The number of hydrogen-bond donors (Lipinski definition) is 1. The number of amides is 1. The Hall–Kier alpha value is -1.29. The molecule has 1 heterocycles. The van der Waals surface area contributed by atoms with Gasteiger partial charge in [-0.1, -0.05) is 22.9 Å². The molecule has 4 heteroatoms. The van der Waals surface area contributed by atoms with Crippen LogP contribution in [0, 0.1) is 0 Å². The summed E-state index contributed by atoms with van der Waals surface area (Å²) >= 11 is 3.41. The molecule has 1 amide bonds. The number of rotatable bonds is 3. The fourth-order valence-corrected chi connectivity index (χ4v) is 2.08. The summed E-state index contributed by atoms with van der Waals surface area (Å²) in [5, 5.41) is 2.95. The number of carbonyl (C=O) groups is 1. The Morgan fingerprint density at radius 3 is 3.06 bits per heavy atom. The molecule has 18 heavy (non-hydrogen) atoms. The fourth-order valence-electron chi connectivity index (χ4n) is 1.70. The van der Waals surface area contributed by atoms with Gasteiger partial charge in [0.25, 0.3) is 5.91 Å². The topological polar surface area (TPSA) is 38.3 Å². The molecule has 0 fully saturated rings. The Morgan fingerprint density at radius 1 is 1.56 bits per heavy atom. The van der Waals surface area contributed by atoms with Crippen LogP contribution < -0.4 is 10.1 Å². The van der Waals surface area contributed by atoms with Crippen molar-refractivity contribution in [3.05, 3.63) is 33.8 Å². The lowest BCUT2D eigenvalue weighted by atomic mass is 10.1. The average molecular weight is 310 g/mol. The van der Waals surface area contributed by atoms with Gasteiger partial charge in [0.15, 0.2) is 0 Å². The van der Waals surface area contributed by atoms with E-state index in [2.05, 4.69) is 21.2 Å². The van der Waals surface area contributed by atoms with E-state index in [1.54, 1.807) is 0 Å². The van der Waals surface area contributed by atoms with Crippen molar-refractivity contribution >= 4 is 27.9 Å². The molecule has 1 aromatic carbocycles. The third-order valence-electron chi connectivity index (χ3n) is 2.97. The van der Waals surface area contributed by atoms with E-state index in [9.17, 15) is 4.79 Å². The second-order valence-electron chi connectivity index (χ2n) is 4.42. The van der Waals surface area contributed by atoms with E-state index in [-0.39, 0.29) is 11.9 Å². The summed E-state index contributed by atoms with van der Waals surface area (Å²) in [4.78, 5) is 12.0. The van der Waals surface area contributed by atoms with E-state index in [1.807, 2.05) is 38.1 Å². The van der Waals surface area contributed by atoms with Crippen LogP contribution in [0.3, 0.4) is 0 Å². The molecule has 1 aliphatic rings. The Morgan fingerprint density at radius 2 is 2.33 bits per heavy atom. The molecule has 1 atom stereocenters. The molecule has 1 aromatic rings. The molecule has 0 radical (unpaired) electrons. The number of ether oxygens (including phenoxy) is 1. The summed E-state index contributed by atoms with van der Waals surface area (Å²) in [6, 6.07) is 5.96. The summed E-state index contributed by atoms with van der Waals surface area (Å²) < 4.78 is 6.55. The molecule has 0 aliphatic carbocycles. The number of halogens is 1. The highest BCUT2D eigenvalue weighted by molar-refractivity contribution is 9.10. The summed E-state index contributed by atoms with van der Waals surface area (Å²) in [5.41, 5.74) is 1.60. The van der Waals surface area contributed by atoms with Crippen molar-refractivity contribution in [3.63, 3.8) is 0 Å². The first-order chi connectivity index (χ1) is 8.60. The van der Waals surface area contributed by atoms with Gasteiger partial charge in [-0.25, -0.2) is 0 Å². The van der Waals surface area contributed by atoms with Gasteiger partial charge in [0.1, 0.15) is 12.4 Å². The van der Waals surface area contributed by atoms with Crippen LogP contribution >= 0.6 is 15.9 Å². The Bertz CT molecular complexity index is 497. The Labute approximate surface area is 115 Å². The van der Waals surface area contributed by atoms with Gasteiger partial charge < -0.3 is 10.1 Å². The lowest BCUT2D eigenvalue weighted by Gasteiger charge is -2.19. The molecule has 1 unspecified atom stereocenters. The van der Waals surface area contributed by atoms with Crippen LogP contribution in [-0.2, 0) is 4.79 Å². The zero-order chi connectivity index (χ0) is 13.1. The maximum atomic E-state index is 12.0. The standard InChI is InChI=1S/C14H16BrNO2/c1-3-9(2)16-14(17)11-6-10-7-12(15)4-5-13(10)18-8-11/h4-7,9H,3,8H2,1-2H3,(H,16,17). The van der Waals surface area contributed by atoms with E-state index < -0.39 is 0 Å². The van der Waals surface area contributed by atoms with Gasteiger partial charge in [0.2, 0.25) is 0 Å². The molecule has 2 rings (SSSR count). The van der Waals surface area contributed by atoms with Crippen LogP contribution in [0.2, 0.25) is 0 Å². The van der Waals surface area contributed by atoms with Gasteiger partial charge in [-0.2, -0.15) is 0 Å². The van der Waals surface area contributed by atoms with E-state index in [0.717, 1.165) is 22.2 Å². The lowest BCUT2D eigenvalue weighted by Crippen LogP contribution is -2.35. The minimum atomic E-state index is -0.0463. The average Bonchev–Trinajstić information content (AvgIpc) is 2.37. The predicted octanol–water partition coefficient (Wildman–Crippen LogP) is 3.14. The van der Waals surface area contributed by atoms with Crippen molar-refractivity contribution in [3.8, 4) is 5.75 Å². The van der Waals surface area contributed by atoms with Crippen molar-refractivity contribution < 1.29 is 9.53 Å². The highest BCUT2D eigenvalue weighted by atomic mass is 79.9. The molecule has 0 saturated heterocycles. The minimum Gasteiger partial charge on any atom is -0.488 e. The summed E-state index contributed by atoms with van der Waals surface area (Å²) in [7, 11) is 0. The normalized spacial score (nSPS) is 15.2. The number of hydrogen-bond acceptors (Lipinski definition) is 2. The first kappa shape index (κ1) is 13.1. The third kappa shape index (κ3) is 2.93.